The van der Waals surface area contributed by atoms with Crippen LogP contribution in [-0.2, 0) is 0 Å². The molecule has 3 rings (SSSR count). The number of aromatic nitrogens is 2. The van der Waals surface area contributed by atoms with Gasteiger partial charge in [0.2, 0.25) is 0 Å². The summed E-state index contributed by atoms with van der Waals surface area (Å²) in [4.78, 5) is 4.58. The Morgan fingerprint density at radius 1 is 1.50 bits per heavy atom. The normalized spacial score (nSPS) is 25.5. The number of hydrogen-bond acceptors (Lipinski definition) is 2. The monoisotopic (exact) mass is 187 g/mol. The van der Waals surface area contributed by atoms with E-state index in [1.165, 1.54) is 12.1 Å². The van der Waals surface area contributed by atoms with E-state index in [1.54, 1.807) is 0 Å². The maximum atomic E-state index is 5.62. The predicted octanol–water partition coefficient (Wildman–Crippen LogP) is 1.40. The Hall–Kier alpha value is -1.35. The molecule has 2 aromatic rings. The third-order valence-electron chi connectivity index (χ3n) is 2.99. The van der Waals surface area contributed by atoms with Gasteiger partial charge in [-0.2, -0.15) is 0 Å². The summed E-state index contributed by atoms with van der Waals surface area (Å²) in [6.07, 6.45) is 5.36. The standard InChI is InChI=1S/C11H13N3/c12-6-8-5-9(8)10-7-14-4-2-1-3-11(14)13-10/h1-4,7-9H,5-6,12H2. The van der Waals surface area contributed by atoms with Gasteiger partial charge in [0.15, 0.2) is 0 Å². The van der Waals surface area contributed by atoms with Crippen molar-refractivity contribution in [2.24, 2.45) is 11.7 Å². The molecule has 0 amide bonds. The SMILES string of the molecule is NCC1CC1c1cn2ccccc2n1. The molecule has 0 bridgehead atoms. The summed E-state index contributed by atoms with van der Waals surface area (Å²) in [6, 6.07) is 6.06. The molecule has 1 aliphatic rings. The van der Waals surface area contributed by atoms with Gasteiger partial charge in [-0.25, -0.2) is 4.98 Å². The molecule has 0 spiro atoms. The molecule has 0 radical (unpaired) electrons. The van der Waals surface area contributed by atoms with Crippen LogP contribution >= 0.6 is 0 Å². The minimum Gasteiger partial charge on any atom is -0.330 e. The number of imidazole rings is 1. The quantitative estimate of drug-likeness (QED) is 0.772. The number of rotatable bonds is 2. The average Bonchev–Trinajstić information content (AvgIpc) is 2.89. The van der Waals surface area contributed by atoms with E-state index in [0.29, 0.717) is 11.8 Å². The minimum absolute atomic E-state index is 0.611. The van der Waals surface area contributed by atoms with Crippen LogP contribution in [0.5, 0.6) is 0 Å². The summed E-state index contributed by atoms with van der Waals surface area (Å²) in [5.74, 6) is 1.28. The molecular formula is C11H13N3. The Kier molecular flexibility index (Phi) is 1.61. The highest BCUT2D eigenvalue weighted by atomic mass is 15.0. The summed E-state index contributed by atoms with van der Waals surface area (Å²) in [6.45, 7) is 0.790. The first-order valence-corrected chi connectivity index (χ1v) is 5.02. The number of hydrogen-bond donors (Lipinski definition) is 1. The molecule has 1 saturated carbocycles. The zero-order chi connectivity index (χ0) is 9.54. The van der Waals surface area contributed by atoms with E-state index < -0.39 is 0 Å². The van der Waals surface area contributed by atoms with Crippen molar-refractivity contribution in [1.82, 2.24) is 9.38 Å². The van der Waals surface area contributed by atoms with Crippen molar-refractivity contribution in [3.8, 4) is 0 Å². The highest BCUT2D eigenvalue weighted by Gasteiger charge is 2.38. The summed E-state index contributed by atoms with van der Waals surface area (Å²) in [7, 11) is 0. The molecule has 3 nitrogen and oxygen atoms in total. The lowest BCUT2D eigenvalue weighted by Crippen LogP contribution is -2.01. The summed E-state index contributed by atoms with van der Waals surface area (Å²) >= 11 is 0. The van der Waals surface area contributed by atoms with Gasteiger partial charge in [-0.1, -0.05) is 6.07 Å². The Labute approximate surface area is 82.6 Å². The molecule has 1 fully saturated rings. The zero-order valence-electron chi connectivity index (χ0n) is 7.93. The molecular weight excluding hydrogens is 174 g/mol. The fraction of sp³-hybridized carbons (Fsp3) is 0.364. The number of pyridine rings is 1. The number of fused-ring (bicyclic) bond motifs is 1. The first-order valence-electron chi connectivity index (χ1n) is 5.02. The molecule has 0 aromatic carbocycles. The molecule has 2 aromatic heterocycles. The van der Waals surface area contributed by atoms with Gasteiger partial charge in [-0.3, -0.25) is 0 Å². The Balaban J connectivity index is 1.99. The van der Waals surface area contributed by atoms with Gasteiger partial charge < -0.3 is 10.1 Å². The van der Waals surface area contributed by atoms with Gasteiger partial charge in [-0.05, 0) is 31.0 Å². The fourth-order valence-corrected chi connectivity index (χ4v) is 2.00. The van der Waals surface area contributed by atoms with Crippen LogP contribution in [-0.4, -0.2) is 15.9 Å². The third-order valence-corrected chi connectivity index (χ3v) is 2.99. The van der Waals surface area contributed by atoms with E-state index in [0.717, 1.165) is 12.2 Å². The van der Waals surface area contributed by atoms with Gasteiger partial charge in [0, 0.05) is 18.3 Å². The second kappa shape index (κ2) is 2.82. The van der Waals surface area contributed by atoms with Crippen LogP contribution in [0.25, 0.3) is 5.65 Å². The van der Waals surface area contributed by atoms with Crippen LogP contribution in [0.1, 0.15) is 18.0 Å². The first-order chi connectivity index (χ1) is 6.88. The van der Waals surface area contributed by atoms with Crippen molar-refractivity contribution in [3.63, 3.8) is 0 Å². The lowest BCUT2D eigenvalue weighted by Gasteiger charge is -1.89. The second-order valence-corrected chi connectivity index (χ2v) is 3.97. The van der Waals surface area contributed by atoms with Crippen LogP contribution in [0.15, 0.2) is 30.6 Å². The van der Waals surface area contributed by atoms with E-state index in [1.807, 2.05) is 24.4 Å². The summed E-state index contributed by atoms with van der Waals surface area (Å²) in [5.41, 5.74) is 7.85. The maximum absolute atomic E-state index is 5.62. The van der Waals surface area contributed by atoms with Crippen molar-refractivity contribution in [2.75, 3.05) is 6.54 Å². The van der Waals surface area contributed by atoms with Crippen molar-refractivity contribution >= 4 is 5.65 Å². The first kappa shape index (κ1) is 8.00. The van der Waals surface area contributed by atoms with Gasteiger partial charge in [0.25, 0.3) is 0 Å². The lowest BCUT2D eigenvalue weighted by atomic mass is 10.2. The van der Waals surface area contributed by atoms with E-state index in [9.17, 15) is 0 Å². The molecule has 2 unspecified atom stereocenters. The Morgan fingerprint density at radius 2 is 2.43 bits per heavy atom. The molecule has 0 saturated heterocycles. The summed E-state index contributed by atoms with van der Waals surface area (Å²) < 4.78 is 2.07. The highest BCUT2D eigenvalue weighted by Crippen LogP contribution is 2.45. The lowest BCUT2D eigenvalue weighted by molar-refractivity contribution is 0.800. The molecule has 1 aliphatic carbocycles. The molecule has 2 heterocycles. The van der Waals surface area contributed by atoms with Gasteiger partial charge >= 0.3 is 0 Å². The maximum Gasteiger partial charge on any atom is 0.136 e. The van der Waals surface area contributed by atoms with Crippen LogP contribution < -0.4 is 5.73 Å². The molecule has 0 aliphatic heterocycles. The fourth-order valence-electron chi connectivity index (χ4n) is 2.00. The topological polar surface area (TPSA) is 43.3 Å². The Bertz CT molecular complexity index is 427. The van der Waals surface area contributed by atoms with Crippen molar-refractivity contribution in [2.45, 2.75) is 12.3 Å². The molecule has 3 heteroatoms. The molecule has 72 valence electrons. The minimum atomic E-state index is 0.611. The molecule has 14 heavy (non-hydrogen) atoms. The van der Waals surface area contributed by atoms with Gasteiger partial charge in [0.1, 0.15) is 5.65 Å². The van der Waals surface area contributed by atoms with E-state index in [2.05, 4.69) is 15.6 Å². The largest absolute Gasteiger partial charge is 0.330 e. The average molecular weight is 187 g/mol. The molecule has 2 atom stereocenters. The van der Waals surface area contributed by atoms with Crippen molar-refractivity contribution < 1.29 is 0 Å². The van der Waals surface area contributed by atoms with Crippen LogP contribution in [0.2, 0.25) is 0 Å². The van der Waals surface area contributed by atoms with E-state index in [-0.39, 0.29) is 0 Å². The van der Waals surface area contributed by atoms with Crippen LogP contribution in [0, 0.1) is 5.92 Å². The van der Waals surface area contributed by atoms with Gasteiger partial charge in [-0.15, -0.1) is 0 Å². The van der Waals surface area contributed by atoms with Crippen LogP contribution in [0.3, 0.4) is 0 Å². The second-order valence-electron chi connectivity index (χ2n) is 3.97. The van der Waals surface area contributed by atoms with Crippen molar-refractivity contribution in [3.05, 3.63) is 36.3 Å². The number of nitrogens with zero attached hydrogens (tertiary/aromatic N) is 2. The zero-order valence-corrected chi connectivity index (χ0v) is 7.93. The Morgan fingerprint density at radius 3 is 3.14 bits per heavy atom. The number of nitrogens with two attached hydrogens (primary N) is 1. The smallest absolute Gasteiger partial charge is 0.136 e. The summed E-state index contributed by atoms with van der Waals surface area (Å²) in [5, 5.41) is 0. The predicted molar refractivity (Wildman–Crippen MR) is 55.1 cm³/mol. The van der Waals surface area contributed by atoms with Gasteiger partial charge in [0.05, 0.1) is 5.69 Å². The third kappa shape index (κ3) is 1.13. The van der Waals surface area contributed by atoms with E-state index >= 15 is 0 Å². The van der Waals surface area contributed by atoms with Crippen LogP contribution in [0.4, 0.5) is 0 Å². The molecule has 2 N–H and O–H groups in total. The van der Waals surface area contributed by atoms with Crippen molar-refractivity contribution in [1.29, 1.82) is 0 Å². The highest BCUT2D eigenvalue weighted by molar-refractivity contribution is 5.41. The van der Waals surface area contributed by atoms with E-state index in [4.69, 9.17) is 5.73 Å².